The lowest BCUT2D eigenvalue weighted by Gasteiger charge is -2.06. The zero-order valence-corrected chi connectivity index (χ0v) is 13.9. The number of rotatable bonds is 9. The molecule has 0 atom stereocenters. The molecule has 0 aliphatic rings. The van der Waals surface area contributed by atoms with Gasteiger partial charge in [0.2, 0.25) is 5.91 Å². The van der Waals surface area contributed by atoms with Gasteiger partial charge in [-0.15, -0.1) is 0 Å². The van der Waals surface area contributed by atoms with E-state index >= 15 is 0 Å². The minimum atomic E-state index is -0.481. The van der Waals surface area contributed by atoms with Crippen molar-refractivity contribution >= 4 is 17.7 Å². The number of hydrogen-bond donors (Lipinski definition) is 1. The van der Waals surface area contributed by atoms with Crippen LogP contribution in [-0.2, 0) is 4.79 Å². The van der Waals surface area contributed by atoms with Crippen LogP contribution in [0.3, 0.4) is 0 Å². The number of nitro benzene ring substituents is 1. The van der Waals surface area contributed by atoms with Crippen LogP contribution in [0.25, 0.3) is 6.08 Å². The summed E-state index contributed by atoms with van der Waals surface area (Å²) in [6.07, 6.45) is 4.62. The maximum absolute atomic E-state index is 11.7. The highest BCUT2D eigenvalue weighted by Crippen LogP contribution is 2.28. The largest absolute Gasteiger partial charge is 0.487 e. The second-order valence-corrected chi connectivity index (χ2v) is 5.64. The quantitative estimate of drug-likeness (QED) is 0.428. The molecule has 0 saturated carbocycles. The van der Waals surface area contributed by atoms with E-state index in [0.717, 1.165) is 12.8 Å². The predicted molar refractivity (Wildman–Crippen MR) is 90.4 cm³/mol. The number of carbonyl (C=O) groups excluding carboxylic acids is 1. The van der Waals surface area contributed by atoms with Crippen LogP contribution in [0.4, 0.5) is 5.69 Å². The van der Waals surface area contributed by atoms with Gasteiger partial charge in [0, 0.05) is 18.7 Å². The summed E-state index contributed by atoms with van der Waals surface area (Å²) in [7, 11) is 0. The first-order valence-corrected chi connectivity index (χ1v) is 7.81. The Kier molecular flexibility index (Phi) is 7.80. The van der Waals surface area contributed by atoms with E-state index in [1.54, 1.807) is 18.2 Å². The number of amides is 1. The molecule has 1 N–H and O–H groups in total. The van der Waals surface area contributed by atoms with Crippen molar-refractivity contribution in [3.63, 3.8) is 0 Å². The van der Waals surface area contributed by atoms with Gasteiger partial charge < -0.3 is 10.1 Å². The van der Waals surface area contributed by atoms with Gasteiger partial charge in [0.25, 0.3) is 0 Å². The molecule has 0 bridgehead atoms. The first kappa shape index (κ1) is 18.7. The van der Waals surface area contributed by atoms with Crippen LogP contribution < -0.4 is 10.1 Å². The van der Waals surface area contributed by atoms with Gasteiger partial charge in [-0.2, -0.15) is 0 Å². The van der Waals surface area contributed by atoms with E-state index in [-0.39, 0.29) is 17.3 Å². The van der Waals surface area contributed by atoms with E-state index in [1.807, 2.05) is 6.92 Å². The van der Waals surface area contributed by atoms with E-state index in [0.29, 0.717) is 24.6 Å². The van der Waals surface area contributed by atoms with Crippen molar-refractivity contribution in [2.45, 2.75) is 33.6 Å². The summed E-state index contributed by atoms with van der Waals surface area (Å²) < 4.78 is 5.36. The molecule has 0 aliphatic heterocycles. The highest BCUT2D eigenvalue weighted by molar-refractivity contribution is 5.91. The summed E-state index contributed by atoms with van der Waals surface area (Å²) in [4.78, 5) is 22.3. The molecule has 0 aromatic heterocycles. The minimum absolute atomic E-state index is 0.0965. The van der Waals surface area contributed by atoms with Crippen molar-refractivity contribution in [2.24, 2.45) is 5.92 Å². The fourth-order valence-corrected chi connectivity index (χ4v) is 1.83. The lowest BCUT2D eigenvalue weighted by atomic mass is 10.1. The third-order valence-corrected chi connectivity index (χ3v) is 3.09. The first-order chi connectivity index (χ1) is 10.9. The van der Waals surface area contributed by atoms with Gasteiger partial charge in [-0.05, 0) is 36.5 Å². The molecule has 6 nitrogen and oxygen atoms in total. The highest BCUT2D eigenvalue weighted by Gasteiger charge is 2.15. The molecule has 0 saturated heterocycles. The maximum atomic E-state index is 11.7. The monoisotopic (exact) mass is 320 g/mol. The number of benzene rings is 1. The van der Waals surface area contributed by atoms with Gasteiger partial charge in [-0.1, -0.05) is 26.8 Å². The van der Waals surface area contributed by atoms with Gasteiger partial charge in [-0.25, -0.2) is 0 Å². The van der Waals surface area contributed by atoms with Crippen molar-refractivity contribution < 1.29 is 14.5 Å². The SMILES string of the molecule is CCCOc1ccc(/C=C/C(=O)NCCC(C)C)cc1[N+](=O)[O-]. The summed E-state index contributed by atoms with van der Waals surface area (Å²) in [6.45, 7) is 7.15. The minimum Gasteiger partial charge on any atom is -0.487 e. The smallest absolute Gasteiger partial charge is 0.311 e. The molecule has 0 spiro atoms. The average molecular weight is 320 g/mol. The molecular formula is C17H24N2O4. The van der Waals surface area contributed by atoms with Crippen LogP contribution >= 0.6 is 0 Å². The summed E-state index contributed by atoms with van der Waals surface area (Å²) >= 11 is 0. The molecule has 6 heteroatoms. The standard InChI is InChI=1S/C17H24N2O4/c1-4-11-23-16-7-5-14(12-15(16)19(21)22)6-8-17(20)18-10-9-13(2)3/h5-8,12-13H,4,9-11H2,1-3H3,(H,18,20)/b8-6+. The Balaban J connectivity index is 2.73. The lowest BCUT2D eigenvalue weighted by Crippen LogP contribution is -2.23. The predicted octanol–water partition coefficient (Wildman–Crippen LogP) is 3.56. The van der Waals surface area contributed by atoms with Crippen molar-refractivity contribution in [1.29, 1.82) is 0 Å². The van der Waals surface area contributed by atoms with Crippen molar-refractivity contribution in [3.05, 3.63) is 40.0 Å². The maximum Gasteiger partial charge on any atom is 0.311 e. The number of nitrogens with one attached hydrogen (secondary N) is 1. The molecule has 23 heavy (non-hydrogen) atoms. The van der Waals surface area contributed by atoms with Crippen LogP contribution in [0.1, 0.15) is 39.2 Å². The number of nitrogens with zero attached hydrogens (tertiary/aromatic N) is 1. The summed E-state index contributed by atoms with van der Waals surface area (Å²) in [5.41, 5.74) is 0.486. The highest BCUT2D eigenvalue weighted by atomic mass is 16.6. The van der Waals surface area contributed by atoms with Crippen LogP contribution in [0.2, 0.25) is 0 Å². The van der Waals surface area contributed by atoms with Gasteiger partial charge in [-0.3, -0.25) is 14.9 Å². The second-order valence-electron chi connectivity index (χ2n) is 5.64. The molecule has 0 radical (unpaired) electrons. The van der Waals surface area contributed by atoms with Crippen molar-refractivity contribution in [2.75, 3.05) is 13.2 Å². The summed E-state index contributed by atoms with van der Waals surface area (Å²) in [5, 5.41) is 13.9. The van der Waals surface area contributed by atoms with Crippen LogP contribution in [0, 0.1) is 16.0 Å². The van der Waals surface area contributed by atoms with Crippen LogP contribution in [0.5, 0.6) is 5.75 Å². The molecule has 0 heterocycles. The Morgan fingerprint density at radius 3 is 2.78 bits per heavy atom. The van der Waals surface area contributed by atoms with E-state index in [2.05, 4.69) is 19.2 Å². The molecule has 0 aliphatic carbocycles. The van der Waals surface area contributed by atoms with Crippen LogP contribution in [-0.4, -0.2) is 24.0 Å². The fraction of sp³-hybridized carbons (Fsp3) is 0.471. The second kappa shape index (κ2) is 9.61. The Hall–Kier alpha value is -2.37. The number of hydrogen-bond acceptors (Lipinski definition) is 4. The Morgan fingerprint density at radius 1 is 1.43 bits per heavy atom. The first-order valence-electron chi connectivity index (χ1n) is 7.81. The molecule has 1 amide bonds. The number of ether oxygens (including phenoxy) is 1. The average Bonchev–Trinajstić information content (AvgIpc) is 2.50. The molecule has 1 rings (SSSR count). The number of nitro groups is 1. The van der Waals surface area contributed by atoms with Gasteiger partial charge in [0.1, 0.15) is 0 Å². The topological polar surface area (TPSA) is 81.5 Å². The van der Waals surface area contributed by atoms with Crippen molar-refractivity contribution in [3.8, 4) is 5.75 Å². The zero-order chi connectivity index (χ0) is 17.2. The molecule has 1 aromatic carbocycles. The fourth-order valence-electron chi connectivity index (χ4n) is 1.83. The van der Waals surface area contributed by atoms with Gasteiger partial charge >= 0.3 is 5.69 Å². The van der Waals surface area contributed by atoms with Crippen molar-refractivity contribution in [1.82, 2.24) is 5.32 Å². The van der Waals surface area contributed by atoms with Gasteiger partial charge in [0.15, 0.2) is 5.75 Å². The van der Waals surface area contributed by atoms with Crippen LogP contribution in [0.15, 0.2) is 24.3 Å². The Bertz CT molecular complexity index is 568. The Labute approximate surface area is 136 Å². The summed E-state index contributed by atoms with van der Waals surface area (Å²) in [5.74, 6) is 0.563. The molecule has 0 fully saturated rings. The normalized spacial score (nSPS) is 11.0. The third-order valence-electron chi connectivity index (χ3n) is 3.09. The third kappa shape index (κ3) is 6.95. The van der Waals surface area contributed by atoms with E-state index in [1.165, 1.54) is 12.1 Å². The Morgan fingerprint density at radius 2 is 2.17 bits per heavy atom. The molecular weight excluding hydrogens is 296 g/mol. The van der Waals surface area contributed by atoms with E-state index in [9.17, 15) is 14.9 Å². The van der Waals surface area contributed by atoms with Gasteiger partial charge in [0.05, 0.1) is 11.5 Å². The van der Waals surface area contributed by atoms with E-state index < -0.39 is 4.92 Å². The number of carbonyl (C=O) groups is 1. The summed E-state index contributed by atoms with van der Waals surface area (Å²) in [6, 6.07) is 4.66. The van der Waals surface area contributed by atoms with E-state index in [4.69, 9.17) is 4.74 Å². The zero-order valence-electron chi connectivity index (χ0n) is 13.9. The molecule has 0 unspecified atom stereocenters. The molecule has 126 valence electrons. The molecule has 1 aromatic rings. The lowest BCUT2D eigenvalue weighted by molar-refractivity contribution is -0.385.